The van der Waals surface area contributed by atoms with E-state index in [-0.39, 0.29) is 65.1 Å². The molecule has 2 aromatic heterocycles. The van der Waals surface area contributed by atoms with E-state index in [0.717, 1.165) is 33.8 Å². The highest BCUT2D eigenvalue weighted by molar-refractivity contribution is 7.86. The van der Waals surface area contributed by atoms with Gasteiger partial charge in [0.2, 0.25) is 11.0 Å². The lowest BCUT2D eigenvalue weighted by Crippen LogP contribution is -2.08. The van der Waals surface area contributed by atoms with E-state index >= 15 is 0 Å². The van der Waals surface area contributed by atoms with Crippen LogP contribution in [0, 0.1) is 6.92 Å². The molecule has 0 saturated heterocycles. The molecule has 0 bridgehead atoms. The number of aryl methyl sites for hydroxylation is 1. The highest BCUT2D eigenvalue weighted by Gasteiger charge is 2.23. The Labute approximate surface area is 399 Å². The summed E-state index contributed by atoms with van der Waals surface area (Å²) < 4.78 is 132. The molecule has 27 nitrogen and oxygen atoms in total. The van der Waals surface area contributed by atoms with E-state index in [9.17, 15) is 49.7 Å². The van der Waals surface area contributed by atoms with Crippen LogP contribution in [0.2, 0.25) is 0 Å². The number of aromatic hydroxyl groups is 2. The normalized spacial score (nSPS) is 12.0. The largest absolute Gasteiger partial charge is 0.505 e. The summed E-state index contributed by atoms with van der Waals surface area (Å²) in [6.07, 6.45) is 1.23. The third-order valence-electron chi connectivity index (χ3n) is 8.92. The summed E-state index contributed by atoms with van der Waals surface area (Å²) in [4.78, 5) is 19.5. The van der Waals surface area contributed by atoms with Crippen molar-refractivity contribution in [1.82, 2.24) is 14.8 Å². The summed E-state index contributed by atoms with van der Waals surface area (Å²) in [7, 11) is -16.9. The Morgan fingerprint density at radius 3 is 1.96 bits per heavy atom. The quantitative estimate of drug-likeness (QED) is 0.0355. The molecule has 7 aromatic rings. The molecule has 366 valence electrons. The predicted octanol–water partition coefficient (Wildman–Crippen LogP) is 6.66. The van der Waals surface area contributed by atoms with E-state index in [4.69, 9.17) is 31.5 Å². The van der Waals surface area contributed by atoms with Crippen molar-refractivity contribution in [3.05, 3.63) is 96.2 Å². The number of thiazole rings is 1. The van der Waals surface area contributed by atoms with Crippen LogP contribution in [0.5, 0.6) is 17.4 Å². The second-order valence-electron chi connectivity index (χ2n) is 13.6. The minimum atomic E-state index is -5.05. The molecule has 32 heteroatoms. The van der Waals surface area contributed by atoms with Crippen LogP contribution < -0.4 is 4.74 Å². The Morgan fingerprint density at radius 1 is 0.729 bits per heavy atom. The Hall–Kier alpha value is -7.65. The molecular formula is C38H31N9O18S5. The molecule has 0 fully saturated rings. The van der Waals surface area contributed by atoms with Gasteiger partial charge in [-0.15, -0.1) is 43.3 Å². The standard InChI is InChI=1S/C37H31N9O13S4.CO2.O3S/c1-20-15-30(32(59-13-2-14-61(50,51)52)17-29(20)42-45-37-39-26-10-3-21(19-47)16-33(26)60-37)43-40-27-11-9-25-24(34(27)48)8-12-28(35(25)63(56,57)58)41-44-31-18-38-46(36(31)49)22-4-6-23(7-5-22)62(53,54)55;2-1-3;1-4(2)3/h3-12,15-18,47-49H,2,13-14,19H2,1H3,(H,50,51,52)(H,53,54,55)(H,56,57,58);;. The van der Waals surface area contributed by atoms with Gasteiger partial charge < -0.3 is 20.1 Å². The zero-order valence-electron chi connectivity index (χ0n) is 35.1. The Bertz CT molecular complexity index is 3700. The SMILES string of the molecule is Cc1cc(N=Nc2ccc3c(S(=O)(=O)O)c(N=Nc4cnn(-c5ccc(S(=O)(=O)O)cc5)c4O)ccc3c2O)c(OCCCS(=O)(=O)O)cc1N=Nc1nc2ccc(CO)cc2s1.O=C=O.O=S(=O)=O. The number of fused-ring (bicyclic) bond motifs is 2. The molecular weight excluding hydrogens is 1030 g/mol. The van der Waals surface area contributed by atoms with Crippen LogP contribution in [-0.2, 0) is 57.2 Å². The van der Waals surface area contributed by atoms with Gasteiger partial charge in [0.25, 0.3) is 30.4 Å². The van der Waals surface area contributed by atoms with Crippen molar-refractivity contribution in [3.8, 4) is 23.1 Å². The molecule has 0 aliphatic carbocycles. The average Bonchev–Trinajstić information content (AvgIpc) is 3.87. The molecule has 0 aliphatic heterocycles. The number of ether oxygens (including phenoxy) is 1. The van der Waals surface area contributed by atoms with Crippen molar-refractivity contribution in [2.24, 2.45) is 30.7 Å². The van der Waals surface area contributed by atoms with Crippen LogP contribution in [-0.4, -0.2) is 100 Å². The van der Waals surface area contributed by atoms with Gasteiger partial charge in [-0.25, -0.2) is 4.98 Å². The van der Waals surface area contributed by atoms with Crippen LogP contribution in [0.3, 0.4) is 0 Å². The van der Waals surface area contributed by atoms with Gasteiger partial charge in [-0.1, -0.05) is 23.5 Å². The third kappa shape index (κ3) is 14.0. The first-order chi connectivity index (χ1) is 32.9. The maximum atomic E-state index is 12.7. The number of hydrogen-bond acceptors (Lipinski definition) is 24. The number of hydrogen-bond donors (Lipinski definition) is 6. The average molecular weight is 1060 g/mol. The fourth-order valence-electron chi connectivity index (χ4n) is 5.92. The van der Waals surface area contributed by atoms with Gasteiger partial charge in [0, 0.05) is 16.8 Å². The summed E-state index contributed by atoms with van der Waals surface area (Å²) in [6, 6.07) is 17.8. The monoisotopic (exact) mass is 1060 g/mol. The zero-order chi connectivity index (χ0) is 51.6. The van der Waals surface area contributed by atoms with E-state index in [2.05, 4.69) is 40.8 Å². The molecule has 0 aliphatic rings. The van der Waals surface area contributed by atoms with Gasteiger partial charge in [-0.3, -0.25) is 13.7 Å². The van der Waals surface area contributed by atoms with Gasteiger partial charge >= 0.3 is 16.8 Å². The number of azo groups is 3. The van der Waals surface area contributed by atoms with Crippen molar-refractivity contribution >= 4 is 113 Å². The minimum absolute atomic E-state index is 0.0705. The molecule has 6 N–H and O–H groups in total. The van der Waals surface area contributed by atoms with Crippen LogP contribution in [0.4, 0.5) is 33.6 Å². The van der Waals surface area contributed by atoms with Gasteiger partial charge in [0.15, 0.2) is 11.4 Å². The lowest BCUT2D eigenvalue weighted by Gasteiger charge is -2.11. The van der Waals surface area contributed by atoms with Crippen molar-refractivity contribution < 1.29 is 81.2 Å². The molecule has 0 unspecified atom stereocenters. The third-order valence-corrected chi connectivity index (χ3v) is 12.4. The minimum Gasteiger partial charge on any atom is -0.505 e. The van der Waals surface area contributed by atoms with Crippen molar-refractivity contribution in [3.63, 3.8) is 0 Å². The van der Waals surface area contributed by atoms with Crippen LogP contribution in [0.1, 0.15) is 17.5 Å². The van der Waals surface area contributed by atoms with Gasteiger partial charge in [-0.2, -0.15) is 44.6 Å². The number of aliphatic hydroxyl groups excluding tert-OH is 1. The van der Waals surface area contributed by atoms with Crippen LogP contribution in [0.15, 0.2) is 126 Å². The van der Waals surface area contributed by atoms with E-state index in [1.54, 1.807) is 25.1 Å². The van der Waals surface area contributed by atoms with Crippen LogP contribution in [0.25, 0.3) is 26.7 Å². The maximum Gasteiger partial charge on any atom is 0.425 e. The Kier molecular flexibility index (Phi) is 17.2. The molecule has 7 rings (SSSR count). The maximum absolute atomic E-state index is 12.7. The lowest BCUT2D eigenvalue weighted by molar-refractivity contribution is -0.191. The Morgan fingerprint density at radius 2 is 1.33 bits per heavy atom. The lowest BCUT2D eigenvalue weighted by atomic mass is 10.1. The first-order valence-corrected chi connectivity index (χ1v) is 25.1. The summed E-state index contributed by atoms with van der Waals surface area (Å²) >= 11 is 1.25. The first-order valence-electron chi connectivity index (χ1n) is 18.8. The highest BCUT2D eigenvalue weighted by Crippen LogP contribution is 2.43. The highest BCUT2D eigenvalue weighted by atomic mass is 32.2. The summed E-state index contributed by atoms with van der Waals surface area (Å²) in [5.41, 5.74) is 1.70. The van der Waals surface area contributed by atoms with E-state index in [1.165, 1.54) is 53.8 Å². The van der Waals surface area contributed by atoms with Gasteiger partial charge in [-0.05, 0) is 85.1 Å². The van der Waals surface area contributed by atoms with Gasteiger partial charge in [0.05, 0.1) is 51.7 Å². The number of benzene rings is 5. The molecule has 0 saturated carbocycles. The summed E-state index contributed by atoms with van der Waals surface area (Å²) in [6.45, 7) is 1.38. The predicted molar refractivity (Wildman–Crippen MR) is 241 cm³/mol. The van der Waals surface area contributed by atoms with Crippen molar-refractivity contribution in [1.29, 1.82) is 0 Å². The van der Waals surface area contributed by atoms with E-state index < -0.39 is 73.8 Å². The van der Waals surface area contributed by atoms with Crippen molar-refractivity contribution in [2.75, 3.05) is 12.4 Å². The topological polar surface area (TPSA) is 423 Å². The molecule has 0 spiro atoms. The molecule has 2 heterocycles. The number of rotatable bonds is 15. The first kappa shape index (κ1) is 53.3. The molecule has 0 atom stereocenters. The number of aromatic nitrogens is 3. The Balaban J connectivity index is 0.00000123. The molecule has 0 radical (unpaired) electrons. The summed E-state index contributed by atoms with van der Waals surface area (Å²) in [5.74, 6) is -1.64. The molecule has 70 heavy (non-hydrogen) atoms. The van der Waals surface area contributed by atoms with Gasteiger partial charge in [0.1, 0.15) is 27.7 Å². The second-order valence-corrected chi connectivity index (χ2v) is 19.4. The van der Waals surface area contributed by atoms with E-state index in [0.29, 0.717) is 27.5 Å². The number of phenols is 1. The number of aliphatic hydroxyl groups is 1. The van der Waals surface area contributed by atoms with Crippen LogP contribution >= 0.6 is 11.3 Å². The summed E-state index contributed by atoms with van der Waals surface area (Å²) in [5, 5.41) is 60.2. The number of nitrogens with zero attached hydrogens (tertiary/aromatic N) is 9. The van der Waals surface area contributed by atoms with E-state index in [1.807, 2.05) is 0 Å². The fraction of sp³-hybridized carbons (Fsp3) is 0.132. The fourth-order valence-corrected chi connectivity index (χ4v) is 8.56. The smallest absolute Gasteiger partial charge is 0.425 e. The molecule has 0 amide bonds. The molecule has 5 aromatic carbocycles. The number of carbonyl (C=O) groups excluding carboxylic acids is 2. The number of phenolic OH excluding ortho intramolecular Hbond substituents is 1. The second kappa shape index (κ2) is 22.6. The van der Waals surface area contributed by atoms with Crippen molar-refractivity contribution in [2.45, 2.75) is 29.7 Å². The zero-order valence-corrected chi connectivity index (χ0v) is 39.1.